The Balaban J connectivity index is 1.96. The third-order valence-corrected chi connectivity index (χ3v) is 3.50. The number of hydrogen-bond donors (Lipinski definition) is 3. The Bertz CT molecular complexity index is 665. The van der Waals surface area contributed by atoms with Crippen molar-refractivity contribution in [1.29, 1.82) is 0 Å². The lowest BCUT2D eigenvalue weighted by Crippen LogP contribution is -2.37. The molecule has 6 heteroatoms. The molecule has 0 aliphatic heterocycles. The Labute approximate surface area is 135 Å². The highest BCUT2D eigenvalue weighted by atomic mass is 16.4. The van der Waals surface area contributed by atoms with Crippen molar-refractivity contribution >= 4 is 11.7 Å². The van der Waals surface area contributed by atoms with Crippen molar-refractivity contribution in [3.8, 4) is 11.5 Å². The molecule has 0 unspecified atom stereocenters. The quantitative estimate of drug-likeness (QED) is 0.763. The number of oxazole rings is 1. The Hall–Kier alpha value is -2.34. The van der Waals surface area contributed by atoms with Crippen LogP contribution in [0.3, 0.4) is 0 Å². The number of carbonyl (C=O) groups excluding carboxylic acids is 1. The van der Waals surface area contributed by atoms with Crippen molar-refractivity contribution < 1.29 is 14.3 Å². The van der Waals surface area contributed by atoms with Crippen LogP contribution in [0, 0.1) is 12.3 Å². The number of amides is 2. The maximum absolute atomic E-state index is 12.0. The smallest absolute Gasteiger partial charge is 0.319 e. The van der Waals surface area contributed by atoms with Crippen molar-refractivity contribution in [2.75, 3.05) is 18.5 Å². The maximum atomic E-state index is 12.0. The Morgan fingerprint density at radius 1 is 1.39 bits per heavy atom. The fraction of sp³-hybridized carbons (Fsp3) is 0.412. The number of nitrogens with zero attached hydrogens (tertiary/aromatic N) is 1. The van der Waals surface area contributed by atoms with E-state index in [1.165, 1.54) is 0 Å². The number of urea groups is 1. The lowest BCUT2D eigenvalue weighted by atomic mass is 9.90. The van der Waals surface area contributed by atoms with Gasteiger partial charge in [0.05, 0.1) is 6.20 Å². The first-order valence-corrected chi connectivity index (χ1v) is 7.58. The van der Waals surface area contributed by atoms with Crippen LogP contribution in [0.5, 0.6) is 0 Å². The first kappa shape index (κ1) is 17.0. The van der Waals surface area contributed by atoms with Crippen molar-refractivity contribution in [2.24, 2.45) is 5.41 Å². The second-order valence-electron chi connectivity index (χ2n) is 6.30. The van der Waals surface area contributed by atoms with E-state index in [9.17, 15) is 4.79 Å². The van der Waals surface area contributed by atoms with Crippen LogP contribution >= 0.6 is 0 Å². The summed E-state index contributed by atoms with van der Waals surface area (Å²) in [6.45, 7) is 6.41. The maximum Gasteiger partial charge on any atom is 0.319 e. The van der Waals surface area contributed by atoms with E-state index in [0.717, 1.165) is 11.3 Å². The minimum atomic E-state index is -0.281. The highest BCUT2D eigenvalue weighted by Gasteiger charge is 2.18. The largest absolute Gasteiger partial charge is 0.441 e. The number of aromatic nitrogens is 1. The van der Waals surface area contributed by atoms with Crippen LogP contribution in [0.15, 0.2) is 34.9 Å². The van der Waals surface area contributed by atoms with E-state index in [2.05, 4.69) is 15.6 Å². The number of aliphatic hydroxyl groups excluding tert-OH is 1. The van der Waals surface area contributed by atoms with Gasteiger partial charge in [-0.3, -0.25) is 0 Å². The molecule has 0 radical (unpaired) electrons. The first-order chi connectivity index (χ1) is 10.9. The number of nitrogens with one attached hydrogen (secondary N) is 2. The van der Waals surface area contributed by atoms with Gasteiger partial charge >= 0.3 is 6.03 Å². The molecule has 0 aliphatic rings. The van der Waals surface area contributed by atoms with Crippen molar-refractivity contribution in [1.82, 2.24) is 10.3 Å². The molecule has 1 aromatic heterocycles. The van der Waals surface area contributed by atoms with Crippen LogP contribution in [-0.2, 0) is 0 Å². The summed E-state index contributed by atoms with van der Waals surface area (Å²) < 4.78 is 5.49. The monoisotopic (exact) mass is 317 g/mol. The summed E-state index contributed by atoms with van der Waals surface area (Å²) in [5, 5.41) is 14.6. The molecular formula is C17H23N3O3. The summed E-state index contributed by atoms with van der Waals surface area (Å²) in [6.07, 6.45) is 2.29. The Kier molecular flexibility index (Phi) is 5.39. The highest BCUT2D eigenvalue weighted by Crippen LogP contribution is 2.22. The van der Waals surface area contributed by atoms with Gasteiger partial charge in [0.1, 0.15) is 5.76 Å². The molecular weight excluding hydrogens is 294 g/mol. The molecule has 0 aliphatic carbocycles. The van der Waals surface area contributed by atoms with E-state index in [-0.39, 0.29) is 18.1 Å². The van der Waals surface area contributed by atoms with Crippen LogP contribution in [-0.4, -0.2) is 29.3 Å². The highest BCUT2D eigenvalue weighted by molar-refractivity contribution is 5.89. The van der Waals surface area contributed by atoms with Gasteiger partial charge in [-0.2, -0.15) is 0 Å². The summed E-state index contributed by atoms with van der Waals surface area (Å²) in [7, 11) is 0. The standard InChI is InChI=1S/C17H23N3O3/c1-12-10-18-15(23-12)13-5-4-6-14(9-13)20-16(22)19-11-17(2,3)7-8-21/h4-6,9-10,21H,7-8,11H2,1-3H3,(H2,19,20,22). The molecule has 3 N–H and O–H groups in total. The molecule has 2 rings (SSSR count). The van der Waals surface area contributed by atoms with Gasteiger partial charge in [-0.1, -0.05) is 19.9 Å². The Morgan fingerprint density at radius 3 is 2.83 bits per heavy atom. The third kappa shape index (κ3) is 5.10. The molecule has 2 aromatic rings. The van der Waals surface area contributed by atoms with Gasteiger partial charge in [0.15, 0.2) is 0 Å². The lowest BCUT2D eigenvalue weighted by Gasteiger charge is -2.23. The molecule has 0 saturated heterocycles. The average molecular weight is 317 g/mol. The van der Waals surface area contributed by atoms with Crippen LogP contribution < -0.4 is 10.6 Å². The Morgan fingerprint density at radius 2 is 2.17 bits per heavy atom. The zero-order chi connectivity index (χ0) is 16.9. The number of hydrogen-bond acceptors (Lipinski definition) is 4. The van der Waals surface area contributed by atoms with Crippen LogP contribution in [0.2, 0.25) is 0 Å². The van der Waals surface area contributed by atoms with Gasteiger partial charge in [0.25, 0.3) is 0 Å². The van der Waals surface area contributed by atoms with Crippen LogP contribution in [0.1, 0.15) is 26.0 Å². The van der Waals surface area contributed by atoms with E-state index in [1.54, 1.807) is 12.3 Å². The van der Waals surface area contributed by atoms with Gasteiger partial charge in [0.2, 0.25) is 5.89 Å². The molecule has 23 heavy (non-hydrogen) atoms. The molecule has 1 aromatic carbocycles. The van der Waals surface area contributed by atoms with Crippen LogP contribution in [0.4, 0.5) is 10.5 Å². The lowest BCUT2D eigenvalue weighted by molar-refractivity contribution is 0.204. The number of aryl methyl sites for hydroxylation is 1. The summed E-state index contributed by atoms with van der Waals surface area (Å²) >= 11 is 0. The summed E-state index contributed by atoms with van der Waals surface area (Å²) in [4.78, 5) is 16.2. The molecule has 1 heterocycles. The third-order valence-electron chi connectivity index (χ3n) is 3.50. The van der Waals surface area contributed by atoms with E-state index < -0.39 is 0 Å². The first-order valence-electron chi connectivity index (χ1n) is 7.58. The number of aliphatic hydroxyl groups is 1. The fourth-order valence-electron chi connectivity index (χ4n) is 2.10. The minimum Gasteiger partial charge on any atom is -0.441 e. The number of carbonyl (C=O) groups is 1. The normalized spacial score (nSPS) is 11.3. The average Bonchev–Trinajstić information content (AvgIpc) is 2.92. The molecule has 124 valence electrons. The summed E-state index contributed by atoms with van der Waals surface area (Å²) in [5.74, 6) is 1.26. The predicted octanol–water partition coefficient (Wildman–Crippen LogP) is 3.18. The van der Waals surface area contributed by atoms with Gasteiger partial charge in [-0.15, -0.1) is 0 Å². The second-order valence-corrected chi connectivity index (χ2v) is 6.30. The summed E-state index contributed by atoms with van der Waals surface area (Å²) in [5.41, 5.74) is 1.32. The molecule has 0 atom stereocenters. The minimum absolute atomic E-state index is 0.105. The van der Waals surface area contributed by atoms with Gasteiger partial charge < -0.3 is 20.2 Å². The van der Waals surface area contributed by atoms with Gasteiger partial charge in [0, 0.05) is 24.4 Å². The summed E-state index contributed by atoms with van der Waals surface area (Å²) in [6, 6.07) is 7.04. The van der Waals surface area contributed by atoms with Crippen molar-refractivity contribution in [3.63, 3.8) is 0 Å². The number of benzene rings is 1. The molecule has 2 amide bonds. The topological polar surface area (TPSA) is 87.4 Å². The van der Waals surface area contributed by atoms with E-state index in [0.29, 0.717) is 24.5 Å². The predicted molar refractivity (Wildman–Crippen MR) is 89.2 cm³/mol. The van der Waals surface area contributed by atoms with Crippen LogP contribution in [0.25, 0.3) is 11.5 Å². The van der Waals surface area contributed by atoms with Gasteiger partial charge in [-0.25, -0.2) is 9.78 Å². The molecule has 0 saturated carbocycles. The molecule has 6 nitrogen and oxygen atoms in total. The number of rotatable bonds is 6. The second kappa shape index (κ2) is 7.28. The molecule has 0 fully saturated rings. The number of anilines is 1. The van der Waals surface area contributed by atoms with Gasteiger partial charge in [-0.05, 0) is 37.0 Å². The fourth-order valence-corrected chi connectivity index (χ4v) is 2.10. The van der Waals surface area contributed by atoms with Crippen molar-refractivity contribution in [3.05, 3.63) is 36.2 Å². The van der Waals surface area contributed by atoms with E-state index in [1.807, 2.05) is 39.0 Å². The zero-order valence-electron chi connectivity index (χ0n) is 13.7. The SMILES string of the molecule is Cc1cnc(-c2cccc(NC(=O)NCC(C)(C)CCO)c2)o1. The van der Waals surface area contributed by atoms with E-state index >= 15 is 0 Å². The molecule has 0 spiro atoms. The van der Waals surface area contributed by atoms with E-state index in [4.69, 9.17) is 9.52 Å². The molecule has 0 bridgehead atoms. The zero-order valence-corrected chi connectivity index (χ0v) is 13.7. The van der Waals surface area contributed by atoms with Crippen molar-refractivity contribution in [2.45, 2.75) is 27.2 Å².